The molecule has 1 aliphatic rings. The van der Waals surface area contributed by atoms with Crippen molar-refractivity contribution in [2.24, 2.45) is 5.73 Å². The molecule has 0 radical (unpaired) electrons. The van der Waals surface area contributed by atoms with Crippen molar-refractivity contribution in [2.45, 2.75) is 50.6 Å². The van der Waals surface area contributed by atoms with Gasteiger partial charge >= 0.3 is 5.97 Å². The molecule has 4 nitrogen and oxygen atoms in total. The van der Waals surface area contributed by atoms with Crippen molar-refractivity contribution in [3.05, 3.63) is 0 Å². The highest BCUT2D eigenvalue weighted by atomic mass is 16.5. The number of carbonyl (C=O) groups is 1. The van der Waals surface area contributed by atoms with Gasteiger partial charge in [0.2, 0.25) is 0 Å². The predicted octanol–water partition coefficient (Wildman–Crippen LogP) is 1.14. The molecule has 1 fully saturated rings. The van der Waals surface area contributed by atoms with E-state index >= 15 is 0 Å². The lowest BCUT2D eigenvalue weighted by atomic mass is 9.96. The number of nitrogens with zero attached hydrogens (tertiary/aromatic N) is 1. The van der Waals surface area contributed by atoms with Gasteiger partial charge < -0.3 is 15.4 Å². The summed E-state index contributed by atoms with van der Waals surface area (Å²) in [5.74, 6) is -0.317. The summed E-state index contributed by atoms with van der Waals surface area (Å²) >= 11 is 0. The second-order valence-corrected chi connectivity index (χ2v) is 5.08. The zero-order valence-corrected chi connectivity index (χ0v) is 10.7. The lowest BCUT2D eigenvalue weighted by molar-refractivity contribution is -0.146. The minimum Gasteiger partial charge on any atom is -0.468 e. The van der Waals surface area contributed by atoms with Gasteiger partial charge in [-0.3, -0.25) is 4.79 Å². The van der Waals surface area contributed by atoms with E-state index in [0.29, 0.717) is 6.42 Å². The largest absolute Gasteiger partial charge is 0.468 e. The van der Waals surface area contributed by atoms with E-state index < -0.39 is 5.54 Å². The Bertz CT molecular complexity index is 237. The molecule has 1 rings (SSSR count). The molecule has 16 heavy (non-hydrogen) atoms. The molecule has 2 N–H and O–H groups in total. The van der Waals surface area contributed by atoms with Gasteiger partial charge in [-0.15, -0.1) is 0 Å². The summed E-state index contributed by atoms with van der Waals surface area (Å²) in [6.45, 7) is 2.84. The number of nitrogens with two attached hydrogens (primary N) is 1. The topological polar surface area (TPSA) is 55.6 Å². The zero-order valence-electron chi connectivity index (χ0n) is 10.7. The molecular weight excluding hydrogens is 204 g/mol. The van der Waals surface area contributed by atoms with Crippen molar-refractivity contribution in [1.82, 2.24) is 4.90 Å². The van der Waals surface area contributed by atoms with Gasteiger partial charge in [0.15, 0.2) is 0 Å². The highest BCUT2D eigenvalue weighted by Crippen LogP contribution is 2.25. The molecule has 0 aromatic heterocycles. The van der Waals surface area contributed by atoms with Gasteiger partial charge in [0, 0.05) is 6.04 Å². The van der Waals surface area contributed by atoms with Crippen molar-refractivity contribution in [2.75, 3.05) is 20.7 Å². The van der Waals surface area contributed by atoms with Gasteiger partial charge in [0.25, 0.3) is 0 Å². The van der Waals surface area contributed by atoms with Crippen LogP contribution in [0.5, 0.6) is 0 Å². The molecule has 1 aliphatic carbocycles. The maximum atomic E-state index is 11.3. The van der Waals surface area contributed by atoms with E-state index in [9.17, 15) is 4.79 Å². The van der Waals surface area contributed by atoms with Gasteiger partial charge in [0.05, 0.1) is 7.11 Å². The molecule has 1 atom stereocenters. The van der Waals surface area contributed by atoms with E-state index in [4.69, 9.17) is 5.73 Å². The molecule has 0 amide bonds. The van der Waals surface area contributed by atoms with Crippen LogP contribution in [0, 0.1) is 0 Å². The van der Waals surface area contributed by atoms with E-state index in [1.165, 1.54) is 20.0 Å². The smallest absolute Gasteiger partial charge is 0.325 e. The van der Waals surface area contributed by atoms with Crippen molar-refractivity contribution in [1.29, 1.82) is 0 Å². The molecule has 4 heteroatoms. The van der Waals surface area contributed by atoms with Crippen molar-refractivity contribution in [3.8, 4) is 0 Å². The number of carbonyl (C=O) groups excluding carboxylic acids is 1. The highest BCUT2D eigenvalue weighted by molar-refractivity contribution is 5.79. The van der Waals surface area contributed by atoms with Crippen LogP contribution in [0.1, 0.15) is 39.0 Å². The summed E-state index contributed by atoms with van der Waals surface area (Å²) in [6, 6.07) is 0.810. The van der Waals surface area contributed by atoms with E-state index in [1.807, 2.05) is 0 Å². The molecule has 0 heterocycles. The van der Waals surface area contributed by atoms with Crippen LogP contribution in [0.4, 0.5) is 0 Å². The minimum atomic E-state index is -0.826. The Hall–Kier alpha value is -0.610. The first kappa shape index (κ1) is 13.5. The maximum absolute atomic E-state index is 11.3. The lowest BCUT2D eigenvalue weighted by Crippen LogP contribution is -2.45. The third-order valence-corrected chi connectivity index (χ3v) is 3.28. The van der Waals surface area contributed by atoms with Crippen LogP contribution < -0.4 is 5.73 Å². The summed E-state index contributed by atoms with van der Waals surface area (Å²) in [6.07, 6.45) is 5.44. The van der Waals surface area contributed by atoms with Crippen LogP contribution in [0.25, 0.3) is 0 Å². The van der Waals surface area contributed by atoms with Crippen LogP contribution in [0.2, 0.25) is 0 Å². The first-order valence-corrected chi connectivity index (χ1v) is 6.05. The van der Waals surface area contributed by atoms with E-state index in [0.717, 1.165) is 25.4 Å². The molecule has 1 unspecified atom stereocenters. The summed E-state index contributed by atoms with van der Waals surface area (Å²) in [4.78, 5) is 13.7. The Morgan fingerprint density at radius 1 is 1.50 bits per heavy atom. The molecule has 0 aliphatic heterocycles. The Labute approximate surface area is 98.1 Å². The molecule has 94 valence electrons. The van der Waals surface area contributed by atoms with Crippen LogP contribution in [0.15, 0.2) is 0 Å². The SMILES string of the molecule is COC(=O)C(C)(N)CCCCN(C)C1CC1. The summed E-state index contributed by atoms with van der Waals surface area (Å²) in [7, 11) is 3.55. The molecule has 1 saturated carbocycles. The third-order valence-electron chi connectivity index (χ3n) is 3.28. The van der Waals surface area contributed by atoms with Crippen molar-refractivity contribution >= 4 is 5.97 Å². The molecule has 0 bridgehead atoms. The van der Waals surface area contributed by atoms with Gasteiger partial charge in [-0.1, -0.05) is 0 Å². The van der Waals surface area contributed by atoms with Gasteiger partial charge in [-0.25, -0.2) is 0 Å². The molecular formula is C12H24N2O2. The first-order valence-electron chi connectivity index (χ1n) is 6.05. The quantitative estimate of drug-likeness (QED) is 0.524. The number of hydrogen-bond donors (Lipinski definition) is 1. The van der Waals surface area contributed by atoms with Crippen molar-refractivity contribution in [3.63, 3.8) is 0 Å². The fourth-order valence-corrected chi connectivity index (χ4v) is 1.89. The second kappa shape index (κ2) is 5.64. The molecule has 0 spiro atoms. The second-order valence-electron chi connectivity index (χ2n) is 5.08. The minimum absolute atomic E-state index is 0.317. The standard InChI is InChI=1S/C12H24N2O2/c1-12(13,11(15)16-3)8-4-5-9-14(2)10-6-7-10/h10H,4-9,13H2,1-3H3. The average molecular weight is 228 g/mol. The Kier molecular flexibility index (Phi) is 4.74. The van der Waals surface area contributed by atoms with Crippen LogP contribution in [0.3, 0.4) is 0 Å². The number of methoxy groups -OCH3 is 1. The van der Waals surface area contributed by atoms with Crippen LogP contribution in [-0.2, 0) is 9.53 Å². The molecule has 0 saturated heterocycles. The predicted molar refractivity (Wildman–Crippen MR) is 64.1 cm³/mol. The van der Waals surface area contributed by atoms with Crippen LogP contribution >= 0.6 is 0 Å². The first-order chi connectivity index (χ1) is 7.47. The normalized spacial score (nSPS) is 19.6. The Morgan fingerprint density at radius 2 is 2.12 bits per heavy atom. The number of rotatable bonds is 7. The Morgan fingerprint density at radius 3 is 2.62 bits per heavy atom. The van der Waals surface area contributed by atoms with Crippen molar-refractivity contribution < 1.29 is 9.53 Å². The summed E-state index contributed by atoms with van der Waals surface area (Å²) in [5.41, 5.74) is 5.05. The maximum Gasteiger partial charge on any atom is 0.325 e. The number of esters is 1. The van der Waals surface area contributed by atoms with Gasteiger partial charge in [0.1, 0.15) is 5.54 Å². The zero-order chi connectivity index (χ0) is 12.2. The molecule has 0 aromatic carbocycles. The molecule has 0 aromatic rings. The van der Waals surface area contributed by atoms with Gasteiger partial charge in [-0.05, 0) is 52.6 Å². The lowest BCUT2D eigenvalue weighted by Gasteiger charge is -2.22. The number of hydrogen-bond acceptors (Lipinski definition) is 4. The highest BCUT2D eigenvalue weighted by Gasteiger charge is 2.29. The van der Waals surface area contributed by atoms with E-state index in [-0.39, 0.29) is 5.97 Å². The van der Waals surface area contributed by atoms with Gasteiger partial charge in [-0.2, -0.15) is 0 Å². The van der Waals surface area contributed by atoms with E-state index in [2.05, 4.69) is 16.7 Å². The fraction of sp³-hybridized carbons (Fsp3) is 0.917. The summed E-state index contributed by atoms with van der Waals surface area (Å²) in [5, 5.41) is 0. The summed E-state index contributed by atoms with van der Waals surface area (Å²) < 4.78 is 4.67. The van der Waals surface area contributed by atoms with Crippen LogP contribution in [-0.4, -0.2) is 43.2 Å². The number of unbranched alkanes of at least 4 members (excludes halogenated alkanes) is 1. The third kappa shape index (κ3) is 4.10. The number of ether oxygens (including phenoxy) is 1. The average Bonchev–Trinajstić information content (AvgIpc) is 3.06. The van der Waals surface area contributed by atoms with E-state index in [1.54, 1.807) is 6.92 Å². The fourth-order valence-electron chi connectivity index (χ4n) is 1.89. The Balaban J connectivity index is 2.11. The monoisotopic (exact) mass is 228 g/mol.